The molecule has 0 saturated carbocycles. The molecule has 11 heteroatoms. The number of aliphatic hydroxyl groups is 1. The molecule has 1 aromatic rings. The van der Waals surface area contributed by atoms with Gasteiger partial charge >= 0.3 is 17.9 Å². The molecule has 2 aliphatic rings. The van der Waals surface area contributed by atoms with Crippen LogP contribution in [-0.2, 0) is 54.2 Å². The monoisotopic (exact) mass is 574 g/mol. The van der Waals surface area contributed by atoms with Crippen LogP contribution in [0.5, 0.6) is 0 Å². The summed E-state index contributed by atoms with van der Waals surface area (Å²) in [6, 6.07) is 9.23. The van der Waals surface area contributed by atoms with Crippen LogP contribution in [0.1, 0.15) is 46.1 Å². The van der Waals surface area contributed by atoms with Gasteiger partial charge in [-0.15, -0.1) is 6.58 Å². The van der Waals surface area contributed by atoms with Crippen molar-refractivity contribution in [1.82, 2.24) is 0 Å². The molecule has 2 heterocycles. The Morgan fingerprint density at radius 3 is 2.41 bits per heavy atom. The van der Waals surface area contributed by atoms with Crippen molar-refractivity contribution in [1.29, 1.82) is 0 Å². The number of aliphatic hydroxyl groups excluding tert-OH is 1. The van der Waals surface area contributed by atoms with Gasteiger partial charge in [0.05, 0.1) is 18.8 Å². The van der Waals surface area contributed by atoms with E-state index in [-0.39, 0.29) is 19.6 Å². The van der Waals surface area contributed by atoms with Crippen LogP contribution in [0, 0.1) is 0 Å². The van der Waals surface area contributed by atoms with Gasteiger partial charge in [-0.3, -0.25) is 19.2 Å². The number of benzene rings is 1. The van der Waals surface area contributed by atoms with Gasteiger partial charge in [0.2, 0.25) is 0 Å². The second kappa shape index (κ2) is 14.5. The number of rotatable bonds is 13. The summed E-state index contributed by atoms with van der Waals surface area (Å²) in [4.78, 5) is 48.5. The van der Waals surface area contributed by atoms with Gasteiger partial charge in [-0.1, -0.05) is 42.5 Å². The average Bonchev–Trinajstić information content (AvgIpc) is 3.20. The smallest absolute Gasteiger partial charge is 0.303 e. The summed E-state index contributed by atoms with van der Waals surface area (Å²) in [6.07, 6.45) is -2.75. The zero-order chi connectivity index (χ0) is 30.2. The standard InChI is InChI=1S/C30H38O11/c1-6-10-22-13-14-23(34)26(39-22)29(38-19(3)32)28-25(35)27(36-16-21-11-8-7-9-12-21)24(40-28)15-30(5,41-20(4)33)17-37-18(2)31/h6-9,11-14,22,24-29,35H,1,10,15-17H2,2-5H3/t22?,24-,25?,26?,27?,28?,29-,30+/m1/s1. The Bertz CT molecular complexity index is 1120. The molecule has 1 N–H and O–H groups in total. The molecule has 1 fully saturated rings. The minimum absolute atomic E-state index is 0.0574. The first kappa shape index (κ1) is 32.1. The van der Waals surface area contributed by atoms with E-state index in [9.17, 15) is 24.3 Å². The molecule has 0 aromatic heterocycles. The SMILES string of the molecule is C=CCC1C=CC(=O)C([C@@H](OC(C)=O)C2O[C@H](C[C@@](C)(COC(C)=O)OC(C)=O)C(OCc3ccccc3)C2O)O1. The van der Waals surface area contributed by atoms with Crippen molar-refractivity contribution in [3.63, 3.8) is 0 Å². The molecule has 11 nitrogen and oxygen atoms in total. The third-order valence-corrected chi connectivity index (χ3v) is 6.66. The maximum absolute atomic E-state index is 12.9. The summed E-state index contributed by atoms with van der Waals surface area (Å²) in [5.41, 5.74) is -0.527. The second-order valence-corrected chi connectivity index (χ2v) is 10.4. The van der Waals surface area contributed by atoms with Crippen molar-refractivity contribution in [2.24, 2.45) is 0 Å². The van der Waals surface area contributed by atoms with Gasteiger partial charge in [0.15, 0.2) is 18.0 Å². The highest BCUT2D eigenvalue weighted by atomic mass is 16.6. The molecule has 1 saturated heterocycles. The molecule has 0 aliphatic carbocycles. The Kier molecular flexibility index (Phi) is 11.4. The summed E-state index contributed by atoms with van der Waals surface area (Å²) >= 11 is 0. The maximum Gasteiger partial charge on any atom is 0.303 e. The van der Waals surface area contributed by atoms with Gasteiger partial charge in [0.25, 0.3) is 0 Å². The number of carbonyl (C=O) groups excluding carboxylic acids is 4. The van der Waals surface area contributed by atoms with Gasteiger partial charge in [-0.2, -0.15) is 0 Å². The summed E-state index contributed by atoms with van der Waals surface area (Å²) < 4.78 is 34.5. The number of ether oxygens (including phenoxy) is 6. The summed E-state index contributed by atoms with van der Waals surface area (Å²) in [7, 11) is 0. The first-order valence-electron chi connectivity index (χ1n) is 13.4. The Morgan fingerprint density at radius 1 is 1.10 bits per heavy atom. The maximum atomic E-state index is 12.9. The molecule has 1 aromatic carbocycles. The zero-order valence-electron chi connectivity index (χ0n) is 23.7. The molecule has 0 radical (unpaired) electrons. The van der Waals surface area contributed by atoms with Crippen molar-refractivity contribution >= 4 is 23.7 Å². The predicted molar refractivity (Wildman–Crippen MR) is 144 cm³/mol. The molecule has 0 spiro atoms. The molecular formula is C30H38O11. The van der Waals surface area contributed by atoms with Crippen LogP contribution in [0.3, 0.4) is 0 Å². The molecule has 5 unspecified atom stereocenters. The lowest BCUT2D eigenvalue weighted by Crippen LogP contribution is -2.52. The molecule has 224 valence electrons. The van der Waals surface area contributed by atoms with Gasteiger partial charge < -0.3 is 33.5 Å². The predicted octanol–water partition coefficient (Wildman–Crippen LogP) is 2.38. The zero-order valence-corrected chi connectivity index (χ0v) is 23.7. The van der Waals surface area contributed by atoms with E-state index in [1.54, 1.807) is 19.1 Å². The Balaban J connectivity index is 1.94. The van der Waals surface area contributed by atoms with E-state index < -0.39 is 72.0 Å². The quantitative estimate of drug-likeness (QED) is 0.211. The van der Waals surface area contributed by atoms with Gasteiger partial charge in [-0.05, 0) is 25.0 Å². The minimum atomic E-state index is -1.39. The van der Waals surface area contributed by atoms with Crippen LogP contribution in [0.4, 0.5) is 0 Å². The number of carbonyl (C=O) groups is 4. The van der Waals surface area contributed by atoms with E-state index in [0.29, 0.717) is 6.42 Å². The van der Waals surface area contributed by atoms with Crippen molar-refractivity contribution in [3.05, 3.63) is 60.7 Å². The van der Waals surface area contributed by atoms with Crippen molar-refractivity contribution in [2.45, 2.75) is 95.5 Å². The van der Waals surface area contributed by atoms with Crippen molar-refractivity contribution in [3.8, 4) is 0 Å². The number of hydrogen-bond donors (Lipinski definition) is 1. The van der Waals surface area contributed by atoms with Crippen molar-refractivity contribution < 1.29 is 52.7 Å². The third kappa shape index (κ3) is 9.06. The molecule has 8 atom stereocenters. The lowest BCUT2D eigenvalue weighted by Gasteiger charge is -2.34. The summed E-state index contributed by atoms with van der Waals surface area (Å²) in [6.45, 7) is 8.71. The van der Waals surface area contributed by atoms with E-state index in [1.165, 1.54) is 26.8 Å². The number of ketones is 1. The van der Waals surface area contributed by atoms with E-state index in [1.807, 2.05) is 30.3 Å². The number of esters is 3. The van der Waals surface area contributed by atoms with E-state index in [2.05, 4.69) is 6.58 Å². The molecule has 0 amide bonds. The summed E-state index contributed by atoms with van der Waals surface area (Å²) in [5, 5.41) is 11.5. The molecule has 3 rings (SSSR count). The van der Waals surface area contributed by atoms with Crippen LogP contribution < -0.4 is 0 Å². The highest BCUT2D eigenvalue weighted by Gasteiger charge is 2.54. The fourth-order valence-corrected chi connectivity index (χ4v) is 4.96. The van der Waals surface area contributed by atoms with E-state index in [0.717, 1.165) is 5.56 Å². The van der Waals surface area contributed by atoms with E-state index >= 15 is 0 Å². The van der Waals surface area contributed by atoms with Crippen molar-refractivity contribution in [2.75, 3.05) is 6.61 Å². The van der Waals surface area contributed by atoms with Gasteiger partial charge in [0, 0.05) is 27.2 Å². The van der Waals surface area contributed by atoms with Gasteiger partial charge in [0.1, 0.15) is 30.5 Å². The first-order valence-corrected chi connectivity index (χ1v) is 13.4. The highest BCUT2D eigenvalue weighted by Crippen LogP contribution is 2.36. The fraction of sp³-hybridized carbons (Fsp3) is 0.533. The topological polar surface area (TPSA) is 144 Å². The first-order chi connectivity index (χ1) is 19.4. The lowest BCUT2D eigenvalue weighted by atomic mass is 9.92. The number of hydrogen-bond acceptors (Lipinski definition) is 11. The summed E-state index contributed by atoms with van der Waals surface area (Å²) in [5.74, 6) is -2.36. The molecule has 41 heavy (non-hydrogen) atoms. The Morgan fingerprint density at radius 2 is 1.80 bits per heavy atom. The minimum Gasteiger partial charge on any atom is -0.462 e. The largest absolute Gasteiger partial charge is 0.462 e. The van der Waals surface area contributed by atoms with Crippen LogP contribution in [0.15, 0.2) is 55.1 Å². The van der Waals surface area contributed by atoms with Crippen LogP contribution in [0.2, 0.25) is 0 Å². The molecular weight excluding hydrogens is 536 g/mol. The Labute approximate surface area is 239 Å². The van der Waals surface area contributed by atoms with Crippen LogP contribution in [0.25, 0.3) is 0 Å². The average molecular weight is 575 g/mol. The fourth-order valence-electron chi connectivity index (χ4n) is 4.96. The second-order valence-electron chi connectivity index (χ2n) is 10.4. The van der Waals surface area contributed by atoms with E-state index in [4.69, 9.17) is 28.4 Å². The normalized spacial score (nSPS) is 27.9. The lowest BCUT2D eigenvalue weighted by molar-refractivity contribution is -0.187. The molecule has 2 aliphatic heterocycles. The van der Waals surface area contributed by atoms with Gasteiger partial charge in [-0.25, -0.2) is 0 Å². The third-order valence-electron chi connectivity index (χ3n) is 6.66. The Hall–Kier alpha value is -3.38. The highest BCUT2D eigenvalue weighted by molar-refractivity contribution is 5.95. The molecule has 0 bridgehead atoms. The van der Waals surface area contributed by atoms with Crippen LogP contribution in [-0.4, -0.2) is 83.7 Å². The van der Waals surface area contributed by atoms with Crippen LogP contribution >= 0.6 is 0 Å².